The fourth-order valence-electron chi connectivity index (χ4n) is 2.18. The molecule has 3 heteroatoms. The Morgan fingerprint density at radius 3 is 2.42 bits per heavy atom. The number of thiophene rings is 1. The molecule has 1 heterocycles. The van der Waals surface area contributed by atoms with Crippen molar-refractivity contribution in [3.63, 3.8) is 0 Å². The Morgan fingerprint density at radius 2 is 1.89 bits per heavy atom. The number of hydrogen-bond acceptors (Lipinski definition) is 2. The van der Waals surface area contributed by atoms with E-state index in [0.717, 1.165) is 11.4 Å². The molecule has 0 radical (unpaired) electrons. The minimum atomic E-state index is 0.285. The van der Waals surface area contributed by atoms with Crippen molar-refractivity contribution in [2.75, 3.05) is 7.05 Å². The lowest BCUT2D eigenvalue weighted by Crippen LogP contribution is -2.18. The lowest BCUT2D eigenvalue weighted by molar-refractivity contribution is 0.602. The Balaban J connectivity index is 2.24. The summed E-state index contributed by atoms with van der Waals surface area (Å²) < 4.78 is 0. The van der Waals surface area contributed by atoms with E-state index in [0.29, 0.717) is 0 Å². The van der Waals surface area contributed by atoms with Gasteiger partial charge in [-0.1, -0.05) is 29.8 Å². The molecule has 1 unspecified atom stereocenters. The molecule has 102 valence electrons. The number of benzene rings is 1. The Hall–Kier alpha value is -0.830. The van der Waals surface area contributed by atoms with Gasteiger partial charge in [0.25, 0.3) is 0 Å². The van der Waals surface area contributed by atoms with Crippen molar-refractivity contribution >= 4 is 22.9 Å². The summed E-state index contributed by atoms with van der Waals surface area (Å²) in [6, 6.07) is 6.96. The highest BCUT2D eigenvalue weighted by molar-refractivity contribution is 7.10. The third-order valence-corrected chi connectivity index (χ3v) is 5.43. The van der Waals surface area contributed by atoms with E-state index >= 15 is 0 Å². The van der Waals surface area contributed by atoms with Crippen LogP contribution in [-0.4, -0.2) is 7.05 Å². The van der Waals surface area contributed by atoms with Gasteiger partial charge in [0.1, 0.15) is 0 Å². The first kappa shape index (κ1) is 14.6. The lowest BCUT2D eigenvalue weighted by Gasteiger charge is -2.16. The Morgan fingerprint density at radius 1 is 1.16 bits per heavy atom. The molecule has 0 aliphatic heterocycles. The van der Waals surface area contributed by atoms with Gasteiger partial charge in [-0.15, -0.1) is 11.3 Å². The second-order valence-electron chi connectivity index (χ2n) is 5.06. The maximum atomic E-state index is 6.38. The third-order valence-electron chi connectivity index (χ3n) is 3.60. The van der Waals surface area contributed by atoms with Crippen molar-refractivity contribution in [2.45, 2.75) is 33.2 Å². The molecule has 2 rings (SSSR count). The predicted molar refractivity (Wildman–Crippen MR) is 85.5 cm³/mol. The summed E-state index contributed by atoms with van der Waals surface area (Å²) in [6.45, 7) is 6.37. The molecule has 1 atom stereocenters. The quantitative estimate of drug-likeness (QED) is 0.851. The van der Waals surface area contributed by atoms with Crippen LogP contribution in [0.25, 0.3) is 0 Å². The van der Waals surface area contributed by atoms with Crippen LogP contribution in [0.2, 0.25) is 5.02 Å². The van der Waals surface area contributed by atoms with Crippen LogP contribution in [0, 0.1) is 20.8 Å². The van der Waals surface area contributed by atoms with Crippen molar-refractivity contribution in [3.8, 4) is 0 Å². The van der Waals surface area contributed by atoms with Gasteiger partial charge in [0, 0.05) is 10.9 Å². The first-order chi connectivity index (χ1) is 9.02. The van der Waals surface area contributed by atoms with Gasteiger partial charge in [0.05, 0.1) is 5.02 Å². The van der Waals surface area contributed by atoms with Gasteiger partial charge in [-0.25, -0.2) is 0 Å². The third kappa shape index (κ3) is 3.19. The lowest BCUT2D eigenvalue weighted by atomic mass is 10.00. The van der Waals surface area contributed by atoms with Crippen LogP contribution in [0.15, 0.2) is 23.6 Å². The van der Waals surface area contributed by atoms with E-state index in [2.05, 4.69) is 49.7 Å². The highest BCUT2D eigenvalue weighted by atomic mass is 35.5. The Kier molecular flexibility index (Phi) is 4.67. The molecule has 1 N–H and O–H groups in total. The molecule has 0 fully saturated rings. The standard InChI is InChI=1S/C16H20ClNS/c1-10-5-6-13(7-11(10)2)8-14(18-4)16-15(17)12(3)9-19-16/h5-7,9,14,18H,8H2,1-4H3. The second kappa shape index (κ2) is 6.08. The number of nitrogens with one attached hydrogen (secondary N) is 1. The number of rotatable bonds is 4. The monoisotopic (exact) mass is 293 g/mol. The summed E-state index contributed by atoms with van der Waals surface area (Å²) in [5.74, 6) is 0. The summed E-state index contributed by atoms with van der Waals surface area (Å²) in [7, 11) is 2.00. The van der Waals surface area contributed by atoms with Crippen molar-refractivity contribution in [2.24, 2.45) is 0 Å². The molecule has 0 amide bonds. The van der Waals surface area contributed by atoms with Gasteiger partial charge in [-0.3, -0.25) is 0 Å². The summed E-state index contributed by atoms with van der Waals surface area (Å²) in [6.07, 6.45) is 0.970. The van der Waals surface area contributed by atoms with Gasteiger partial charge >= 0.3 is 0 Å². The molecule has 0 saturated heterocycles. The molecule has 2 aromatic rings. The largest absolute Gasteiger partial charge is 0.312 e. The van der Waals surface area contributed by atoms with E-state index in [1.165, 1.54) is 27.1 Å². The van der Waals surface area contributed by atoms with E-state index < -0.39 is 0 Å². The van der Waals surface area contributed by atoms with E-state index in [9.17, 15) is 0 Å². The maximum absolute atomic E-state index is 6.38. The van der Waals surface area contributed by atoms with Crippen LogP contribution in [0.1, 0.15) is 33.2 Å². The summed E-state index contributed by atoms with van der Waals surface area (Å²) in [5.41, 5.74) is 5.21. The fraction of sp³-hybridized carbons (Fsp3) is 0.375. The SMILES string of the molecule is CNC(Cc1ccc(C)c(C)c1)c1scc(C)c1Cl. The van der Waals surface area contributed by atoms with Crippen molar-refractivity contribution in [1.82, 2.24) is 5.32 Å². The fourth-order valence-corrected chi connectivity index (χ4v) is 3.61. The molecule has 1 nitrogen and oxygen atoms in total. The van der Waals surface area contributed by atoms with Crippen molar-refractivity contribution in [3.05, 3.63) is 55.7 Å². The normalized spacial score (nSPS) is 12.7. The zero-order valence-electron chi connectivity index (χ0n) is 11.9. The van der Waals surface area contributed by atoms with E-state index in [4.69, 9.17) is 11.6 Å². The molecular weight excluding hydrogens is 274 g/mol. The second-order valence-corrected chi connectivity index (χ2v) is 6.35. The number of aryl methyl sites for hydroxylation is 3. The zero-order valence-corrected chi connectivity index (χ0v) is 13.5. The summed E-state index contributed by atoms with van der Waals surface area (Å²) in [4.78, 5) is 1.24. The number of likely N-dealkylation sites (N-methyl/N-ethyl adjacent to an activating group) is 1. The molecule has 0 aliphatic rings. The van der Waals surface area contributed by atoms with Crippen LogP contribution in [0.4, 0.5) is 0 Å². The highest BCUT2D eigenvalue weighted by Gasteiger charge is 2.17. The van der Waals surface area contributed by atoms with E-state index in [1.54, 1.807) is 11.3 Å². The number of halogens is 1. The summed E-state index contributed by atoms with van der Waals surface area (Å²) >= 11 is 8.12. The van der Waals surface area contributed by atoms with Crippen LogP contribution in [-0.2, 0) is 6.42 Å². The zero-order chi connectivity index (χ0) is 14.0. The molecule has 0 spiro atoms. The van der Waals surface area contributed by atoms with Crippen molar-refractivity contribution in [1.29, 1.82) is 0 Å². The topological polar surface area (TPSA) is 12.0 Å². The van der Waals surface area contributed by atoms with Gasteiger partial charge in [-0.2, -0.15) is 0 Å². The Bertz CT molecular complexity index is 574. The van der Waals surface area contributed by atoms with Crippen molar-refractivity contribution < 1.29 is 0 Å². The van der Waals surface area contributed by atoms with Gasteiger partial charge < -0.3 is 5.32 Å². The first-order valence-corrected chi connectivity index (χ1v) is 7.75. The number of hydrogen-bond donors (Lipinski definition) is 1. The molecule has 0 aliphatic carbocycles. The minimum absolute atomic E-state index is 0.285. The smallest absolute Gasteiger partial charge is 0.0590 e. The average molecular weight is 294 g/mol. The average Bonchev–Trinajstić information content (AvgIpc) is 2.72. The van der Waals surface area contributed by atoms with Gasteiger partial charge in [-0.05, 0) is 61.9 Å². The molecule has 1 aromatic carbocycles. The van der Waals surface area contributed by atoms with Crippen LogP contribution in [0.3, 0.4) is 0 Å². The van der Waals surface area contributed by atoms with E-state index in [1.807, 2.05) is 7.05 Å². The maximum Gasteiger partial charge on any atom is 0.0590 e. The minimum Gasteiger partial charge on any atom is -0.312 e. The molecule has 0 saturated carbocycles. The van der Waals surface area contributed by atoms with Crippen LogP contribution >= 0.6 is 22.9 Å². The van der Waals surface area contributed by atoms with Crippen LogP contribution < -0.4 is 5.32 Å². The molecule has 0 bridgehead atoms. The predicted octanol–water partition coefficient (Wildman–Crippen LogP) is 4.83. The van der Waals surface area contributed by atoms with E-state index in [-0.39, 0.29) is 6.04 Å². The van der Waals surface area contributed by atoms with Crippen LogP contribution in [0.5, 0.6) is 0 Å². The van der Waals surface area contributed by atoms with Gasteiger partial charge in [0.2, 0.25) is 0 Å². The highest BCUT2D eigenvalue weighted by Crippen LogP contribution is 2.34. The Labute approximate surface area is 124 Å². The molecule has 1 aromatic heterocycles. The molecule has 19 heavy (non-hydrogen) atoms. The summed E-state index contributed by atoms with van der Waals surface area (Å²) in [5, 5.41) is 6.42. The van der Waals surface area contributed by atoms with Gasteiger partial charge in [0.15, 0.2) is 0 Å². The molecular formula is C16H20ClNS. The first-order valence-electron chi connectivity index (χ1n) is 6.49.